The SMILES string of the molecule is NC(=O)C[C@H](NC(=O)[C@@H]1CSCN1)C(=O)O. The van der Waals surface area contributed by atoms with Gasteiger partial charge in [0.1, 0.15) is 6.04 Å². The van der Waals surface area contributed by atoms with Crippen molar-refractivity contribution in [3.63, 3.8) is 0 Å². The fourth-order valence-corrected chi connectivity index (χ4v) is 2.18. The zero-order chi connectivity index (χ0) is 12.1. The Morgan fingerprint density at radius 1 is 1.56 bits per heavy atom. The van der Waals surface area contributed by atoms with Crippen LogP contribution in [0.2, 0.25) is 0 Å². The van der Waals surface area contributed by atoms with Crippen molar-refractivity contribution >= 4 is 29.5 Å². The Labute approximate surface area is 96.1 Å². The average molecular weight is 247 g/mol. The number of amides is 2. The molecule has 1 saturated heterocycles. The molecule has 2 atom stereocenters. The van der Waals surface area contributed by atoms with Gasteiger partial charge in [-0.2, -0.15) is 0 Å². The second-order valence-electron chi connectivity index (χ2n) is 3.34. The van der Waals surface area contributed by atoms with E-state index in [2.05, 4.69) is 10.6 Å². The second kappa shape index (κ2) is 5.71. The van der Waals surface area contributed by atoms with Crippen LogP contribution < -0.4 is 16.4 Å². The van der Waals surface area contributed by atoms with Gasteiger partial charge in [0.05, 0.1) is 12.5 Å². The number of carboxylic acids is 1. The van der Waals surface area contributed by atoms with Gasteiger partial charge in [-0.1, -0.05) is 0 Å². The van der Waals surface area contributed by atoms with E-state index in [1.54, 1.807) is 11.8 Å². The van der Waals surface area contributed by atoms with E-state index in [4.69, 9.17) is 10.8 Å². The summed E-state index contributed by atoms with van der Waals surface area (Å²) >= 11 is 1.55. The second-order valence-corrected chi connectivity index (χ2v) is 4.37. The summed E-state index contributed by atoms with van der Waals surface area (Å²) in [5.74, 6) is -1.20. The number of carbonyl (C=O) groups is 3. The van der Waals surface area contributed by atoms with E-state index < -0.39 is 36.3 Å². The lowest BCUT2D eigenvalue weighted by atomic mass is 10.2. The largest absolute Gasteiger partial charge is 0.480 e. The lowest BCUT2D eigenvalue weighted by Crippen LogP contribution is -2.50. The topological polar surface area (TPSA) is 122 Å². The van der Waals surface area contributed by atoms with Crippen LogP contribution in [0.4, 0.5) is 0 Å². The number of nitrogens with two attached hydrogens (primary N) is 1. The lowest BCUT2D eigenvalue weighted by molar-refractivity contribution is -0.143. The molecule has 0 aromatic rings. The summed E-state index contributed by atoms with van der Waals surface area (Å²) in [5, 5.41) is 13.9. The average Bonchev–Trinajstić information content (AvgIpc) is 2.68. The molecule has 7 nitrogen and oxygen atoms in total. The summed E-state index contributed by atoms with van der Waals surface area (Å²) in [5.41, 5.74) is 4.89. The number of carboxylic acid groups (broad SMARTS) is 1. The summed E-state index contributed by atoms with van der Waals surface area (Å²) in [4.78, 5) is 32.9. The number of carbonyl (C=O) groups excluding carboxylic acids is 2. The molecule has 5 N–H and O–H groups in total. The molecule has 1 fully saturated rings. The summed E-state index contributed by atoms with van der Waals surface area (Å²) in [7, 11) is 0. The molecule has 1 rings (SSSR count). The Morgan fingerprint density at radius 2 is 2.25 bits per heavy atom. The van der Waals surface area contributed by atoms with Gasteiger partial charge in [-0.3, -0.25) is 14.9 Å². The molecule has 90 valence electrons. The monoisotopic (exact) mass is 247 g/mol. The molecule has 1 aliphatic rings. The molecule has 1 heterocycles. The summed E-state index contributed by atoms with van der Waals surface area (Å²) in [6, 6.07) is -1.66. The molecule has 0 unspecified atom stereocenters. The lowest BCUT2D eigenvalue weighted by Gasteiger charge is -2.15. The van der Waals surface area contributed by atoms with E-state index in [-0.39, 0.29) is 0 Å². The first-order valence-corrected chi connectivity index (χ1v) is 5.79. The van der Waals surface area contributed by atoms with Crippen LogP contribution in [0.15, 0.2) is 0 Å². The Hall–Kier alpha value is -1.28. The third-order valence-corrected chi connectivity index (χ3v) is 2.99. The molecule has 0 radical (unpaired) electrons. The number of primary amides is 1. The molecule has 2 amide bonds. The molecule has 0 bridgehead atoms. The zero-order valence-corrected chi connectivity index (χ0v) is 9.25. The number of hydrogen-bond acceptors (Lipinski definition) is 5. The fraction of sp³-hybridized carbons (Fsp3) is 0.625. The van der Waals surface area contributed by atoms with Crippen molar-refractivity contribution in [1.29, 1.82) is 0 Å². The molecule has 1 aliphatic heterocycles. The van der Waals surface area contributed by atoms with Crippen molar-refractivity contribution in [2.75, 3.05) is 11.6 Å². The van der Waals surface area contributed by atoms with Crippen LogP contribution in [-0.2, 0) is 14.4 Å². The first-order valence-electron chi connectivity index (χ1n) is 4.63. The summed E-state index contributed by atoms with van der Waals surface area (Å²) < 4.78 is 0. The predicted molar refractivity (Wildman–Crippen MR) is 57.6 cm³/mol. The van der Waals surface area contributed by atoms with E-state index in [1.165, 1.54) is 0 Å². The normalized spacial score (nSPS) is 21.4. The maximum atomic E-state index is 11.5. The van der Waals surface area contributed by atoms with Crippen LogP contribution in [0.5, 0.6) is 0 Å². The van der Waals surface area contributed by atoms with E-state index in [0.29, 0.717) is 11.6 Å². The van der Waals surface area contributed by atoms with Gasteiger partial charge < -0.3 is 16.2 Å². The molecule has 16 heavy (non-hydrogen) atoms. The van der Waals surface area contributed by atoms with Gasteiger partial charge in [0.2, 0.25) is 11.8 Å². The standard InChI is InChI=1S/C8H13N3O4S/c9-6(12)1-4(8(14)15)11-7(13)5-2-16-3-10-5/h4-5,10H,1-3H2,(H2,9,12)(H,11,13)(H,14,15)/t4-,5-/m0/s1. The molecule has 0 aliphatic carbocycles. The number of thioether (sulfide) groups is 1. The highest BCUT2D eigenvalue weighted by Gasteiger charge is 2.28. The van der Waals surface area contributed by atoms with Crippen LogP contribution in [-0.4, -0.2) is 46.6 Å². The number of hydrogen-bond donors (Lipinski definition) is 4. The summed E-state index contributed by atoms with van der Waals surface area (Å²) in [6.45, 7) is 0. The maximum Gasteiger partial charge on any atom is 0.326 e. The quantitative estimate of drug-likeness (QED) is 0.450. The van der Waals surface area contributed by atoms with E-state index in [9.17, 15) is 14.4 Å². The first-order chi connectivity index (χ1) is 7.50. The van der Waals surface area contributed by atoms with Gasteiger partial charge in [0, 0.05) is 11.6 Å². The summed E-state index contributed by atoms with van der Waals surface area (Å²) in [6.07, 6.45) is -0.402. The van der Waals surface area contributed by atoms with Gasteiger partial charge in [0.25, 0.3) is 0 Å². The Bertz CT molecular complexity index is 304. The van der Waals surface area contributed by atoms with E-state index >= 15 is 0 Å². The van der Waals surface area contributed by atoms with Crippen molar-refractivity contribution < 1.29 is 19.5 Å². The smallest absolute Gasteiger partial charge is 0.326 e. The van der Waals surface area contributed by atoms with E-state index in [1.807, 2.05) is 0 Å². The maximum absolute atomic E-state index is 11.5. The Kier molecular flexibility index (Phi) is 4.56. The molecule has 0 aromatic carbocycles. The number of aliphatic carboxylic acids is 1. The van der Waals surface area contributed by atoms with E-state index in [0.717, 1.165) is 0 Å². The minimum Gasteiger partial charge on any atom is -0.480 e. The van der Waals surface area contributed by atoms with Crippen LogP contribution in [0, 0.1) is 0 Å². The van der Waals surface area contributed by atoms with Crippen molar-refractivity contribution in [1.82, 2.24) is 10.6 Å². The Morgan fingerprint density at radius 3 is 2.69 bits per heavy atom. The van der Waals surface area contributed by atoms with Gasteiger partial charge >= 0.3 is 5.97 Å². The molecular weight excluding hydrogens is 234 g/mol. The molecule has 0 saturated carbocycles. The molecule has 8 heteroatoms. The van der Waals surface area contributed by atoms with Gasteiger partial charge in [-0.05, 0) is 0 Å². The zero-order valence-electron chi connectivity index (χ0n) is 8.43. The van der Waals surface area contributed by atoms with Gasteiger partial charge in [-0.15, -0.1) is 11.8 Å². The predicted octanol–water partition coefficient (Wildman–Crippen LogP) is -1.91. The van der Waals surface area contributed by atoms with Crippen LogP contribution in [0.25, 0.3) is 0 Å². The molecular formula is C8H13N3O4S. The van der Waals surface area contributed by atoms with Crippen LogP contribution in [0.1, 0.15) is 6.42 Å². The highest BCUT2D eigenvalue weighted by Crippen LogP contribution is 2.09. The minimum atomic E-state index is -1.27. The number of rotatable bonds is 5. The van der Waals surface area contributed by atoms with Gasteiger partial charge in [0.15, 0.2) is 0 Å². The Balaban J connectivity index is 2.50. The highest BCUT2D eigenvalue weighted by molar-refractivity contribution is 7.99. The van der Waals surface area contributed by atoms with Gasteiger partial charge in [-0.25, -0.2) is 4.79 Å². The first kappa shape index (κ1) is 12.8. The number of nitrogens with one attached hydrogen (secondary N) is 2. The fourth-order valence-electron chi connectivity index (χ4n) is 1.24. The van der Waals surface area contributed by atoms with Crippen molar-refractivity contribution in [2.45, 2.75) is 18.5 Å². The van der Waals surface area contributed by atoms with Crippen molar-refractivity contribution in [3.05, 3.63) is 0 Å². The van der Waals surface area contributed by atoms with Crippen LogP contribution >= 0.6 is 11.8 Å². The van der Waals surface area contributed by atoms with Crippen molar-refractivity contribution in [2.24, 2.45) is 5.73 Å². The molecule has 0 spiro atoms. The highest BCUT2D eigenvalue weighted by atomic mass is 32.2. The van der Waals surface area contributed by atoms with Crippen molar-refractivity contribution in [3.8, 4) is 0 Å². The minimum absolute atomic E-state index is 0.402. The third kappa shape index (κ3) is 3.70. The third-order valence-electron chi connectivity index (χ3n) is 2.05. The van der Waals surface area contributed by atoms with Crippen LogP contribution in [0.3, 0.4) is 0 Å². The molecule has 0 aromatic heterocycles.